The van der Waals surface area contributed by atoms with E-state index in [1.165, 1.54) is 43.4 Å². The van der Waals surface area contributed by atoms with Crippen molar-refractivity contribution in [3.05, 3.63) is 11.1 Å². The van der Waals surface area contributed by atoms with E-state index < -0.39 is 11.4 Å². The predicted octanol–water partition coefficient (Wildman–Crippen LogP) is 4.13. The Morgan fingerprint density at radius 3 is 2.57 bits per heavy atom. The summed E-state index contributed by atoms with van der Waals surface area (Å²) >= 11 is 1.50. The van der Waals surface area contributed by atoms with Crippen LogP contribution in [-0.4, -0.2) is 22.6 Å². The van der Waals surface area contributed by atoms with Crippen molar-refractivity contribution in [2.45, 2.75) is 58.3 Å². The molecule has 1 aromatic rings. The van der Waals surface area contributed by atoms with Gasteiger partial charge < -0.3 is 10.4 Å². The van der Waals surface area contributed by atoms with Crippen molar-refractivity contribution in [1.82, 2.24) is 4.98 Å². The number of carboxylic acid groups (broad SMARTS) is 1. The normalized spacial score (nSPS) is 23.0. The Hall–Kier alpha value is -1.10. The number of carbonyl (C=O) groups is 1. The van der Waals surface area contributed by atoms with E-state index in [-0.39, 0.29) is 0 Å². The Morgan fingerprint density at radius 1 is 1.38 bits per heavy atom. The first kappa shape index (κ1) is 16.3. The molecule has 0 aromatic carbocycles. The van der Waals surface area contributed by atoms with Crippen LogP contribution in [0.5, 0.6) is 0 Å². The maximum absolute atomic E-state index is 11.2. The van der Waals surface area contributed by atoms with Crippen LogP contribution >= 0.6 is 11.3 Å². The molecule has 0 atom stereocenters. The van der Waals surface area contributed by atoms with Gasteiger partial charge >= 0.3 is 5.97 Å². The number of aromatic nitrogens is 1. The Bertz CT molecular complexity index is 476. The topological polar surface area (TPSA) is 62.2 Å². The quantitative estimate of drug-likeness (QED) is 0.829. The number of anilines is 1. The van der Waals surface area contributed by atoms with Crippen molar-refractivity contribution in [2.24, 2.45) is 11.8 Å². The summed E-state index contributed by atoms with van der Waals surface area (Å²) in [6.45, 7) is 6.63. The fourth-order valence-electron chi connectivity index (χ4n) is 2.83. The Labute approximate surface area is 131 Å². The number of nitrogens with zero attached hydrogens (tertiary/aromatic N) is 1. The zero-order chi connectivity index (χ0) is 15.5. The maximum Gasteiger partial charge on any atom is 0.315 e. The monoisotopic (exact) mass is 310 g/mol. The Kier molecular flexibility index (Phi) is 5.25. The number of hydrogen-bond acceptors (Lipinski definition) is 4. The molecule has 0 spiro atoms. The molecule has 118 valence electrons. The van der Waals surface area contributed by atoms with E-state index in [2.05, 4.69) is 17.2 Å². The van der Waals surface area contributed by atoms with Gasteiger partial charge in [0, 0.05) is 11.9 Å². The minimum atomic E-state index is -0.921. The van der Waals surface area contributed by atoms with Crippen molar-refractivity contribution in [3.63, 3.8) is 0 Å². The third kappa shape index (κ3) is 3.96. The van der Waals surface area contributed by atoms with Crippen molar-refractivity contribution >= 4 is 22.4 Å². The van der Waals surface area contributed by atoms with Crippen LogP contribution in [0.2, 0.25) is 0 Å². The first-order chi connectivity index (χ1) is 9.93. The largest absolute Gasteiger partial charge is 0.481 e. The van der Waals surface area contributed by atoms with Crippen LogP contribution in [0, 0.1) is 11.8 Å². The van der Waals surface area contributed by atoms with Gasteiger partial charge in [0.2, 0.25) is 0 Å². The molecule has 21 heavy (non-hydrogen) atoms. The summed E-state index contributed by atoms with van der Waals surface area (Å²) in [5, 5.41) is 15.3. The van der Waals surface area contributed by atoms with Gasteiger partial charge in [-0.15, -0.1) is 11.3 Å². The van der Waals surface area contributed by atoms with E-state index in [0.29, 0.717) is 5.69 Å². The summed E-state index contributed by atoms with van der Waals surface area (Å²) in [5.41, 5.74) is -0.285. The molecule has 1 aromatic heterocycles. The van der Waals surface area contributed by atoms with Gasteiger partial charge in [0.15, 0.2) is 5.13 Å². The lowest BCUT2D eigenvalue weighted by Gasteiger charge is -2.27. The molecule has 0 unspecified atom stereocenters. The molecular formula is C16H26N2O2S. The van der Waals surface area contributed by atoms with Gasteiger partial charge in [-0.25, -0.2) is 4.98 Å². The molecule has 0 amide bonds. The molecule has 0 aliphatic heterocycles. The minimum absolute atomic E-state index is 0.636. The molecule has 1 aliphatic carbocycles. The molecule has 0 saturated heterocycles. The summed E-state index contributed by atoms with van der Waals surface area (Å²) in [4.78, 5) is 15.7. The summed E-state index contributed by atoms with van der Waals surface area (Å²) in [6, 6.07) is 0. The Balaban J connectivity index is 1.85. The number of thiazole rings is 1. The fourth-order valence-corrected chi connectivity index (χ4v) is 3.72. The third-order valence-corrected chi connectivity index (χ3v) is 5.56. The first-order valence-electron chi connectivity index (χ1n) is 7.86. The summed E-state index contributed by atoms with van der Waals surface area (Å²) in [6.07, 6.45) is 6.59. The lowest BCUT2D eigenvalue weighted by Crippen LogP contribution is -2.29. The number of hydrogen-bond donors (Lipinski definition) is 2. The third-order valence-electron chi connectivity index (χ3n) is 4.76. The van der Waals surface area contributed by atoms with Crippen LogP contribution in [0.25, 0.3) is 0 Å². The van der Waals surface area contributed by atoms with Gasteiger partial charge in [-0.1, -0.05) is 26.2 Å². The molecule has 0 radical (unpaired) electrons. The highest BCUT2D eigenvalue weighted by Gasteiger charge is 2.32. The van der Waals surface area contributed by atoms with Crippen molar-refractivity contribution in [1.29, 1.82) is 0 Å². The molecule has 0 bridgehead atoms. The van der Waals surface area contributed by atoms with E-state index in [1.807, 2.05) is 5.38 Å². The highest BCUT2D eigenvalue weighted by Crippen LogP contribution is 2.31. The number of nitrogens with one attached hydrogen (secondary N) is 1. The maximum atomic E-state index is 11.2. The zero-order valence-corrected chi connectivity index (χ0v) is 14.0. The molecule has 1 heterocycles. The zero-order valence-electron chi connectivity index (χ0n) is 13.2. The molecule has 2 N–H and O–H groups in total. The highest BCUT2D eigenvalue weighted by molar-refractivity contribution is 7.13. The molecule has 1 aliphatic rings. The van der Waals surface area contributed by atoms with E-state index in [4.69, 9.17) is 0 Å². The van der Waals surface area contributed by atoms with Gasteiger partial charge in [0.25, 0.3) is 0 Å². The van der Waals surface area contributed by atoms with E-state index in [0.717, 1.165) is 23.5 Å². The van der Waals surface area contributed by atoms with E-state index in [9.17, 15) is 9.90 Å². The SMILES string of the molecule is CCC1CCC(CNc2nc(C(C)(C)C(=O)O)cs2)CC1. The average Bonchev–Trinajstić information content (AvgIpc) is 2.95. The van der Waals surface area contributed by atoms with Gasteiger partial charge in [0.05, 0.1) is 5.69 Å². The summed E-state index contributed by atoms with van der Waals surface area (Å²) < 4.78 is 0. The average molecular weight is 310 g/mol. The molecule has 1 fully saturated rings. The molecular weight excluding hydrogens is 284 g/mol. The van der Waals surface area contributed by atoms with Crippen LogP contribution in [-0.2, 0) is 10.2 Å². The van der Waals surface area contributed by atoms with Gasteiger partial charge in [-0.2, -0.15) is 0 Å². The second-order valence-electron chi connectivity index (χ2n) is 6.64. The van der Waals surface area contributed by atoms with Crippen LogP contribution in [0.3, 0.4) is 0 Å². The fraction of sp³-hybridized carbons (Fsp3) is 0.750. The molecule has 4 nitrogen and oxygen atoms in total. The molecule has 1 saturated carbocycles. The van der Waals surface area contributed by atoms with E-state index in [1.54, 1.807) is 13.8 Å². The van der Waals surface area contributed by atoms with Crippen molar-refractivity contribution in [3.8, 4) is 0 Å². The van der Waals surface area contributed by atoms with Crippen molar-refractivity contribution < 1.29 is 9.90 Å². The standard InChI is InChI=1S/C16H26N2O2S/c1-4-11-5-7-12(8-6-11)9-17-15-18-13(10-21-15)16(2,3)14(19)20/h10-12H,4-9H2,1-3H3,(H,17,18)(H,19,20). The van der Waals surface area contributed by atoms with Crippen LogP contribution in [0.4, 0.5) is 5.13 Å². The van der Waals surface area contributed by atoms with Crippen LogP contribution in [0.1, 0.15) is 58.6 Å². The van der Waals surface area contributed by atoms with Crippen LogP contribution in [0.15, 0.2) is 5.38 Å². The summed E-state index contributed by atoms with van der Waals surface area (Å²) in [7, 11) is 0. The second-order valence-corrected chi connectivity index (χ2v) is 7.50. The number of aliphatic carboxylic acids is 1. The first-order valence-corrected chi connectivity index (χ1v) is 8.74. The van der Waals surface area contributed by atoms with Gasteiger partial charge in [-0.3, -0.25) is 4.79 Å². The predicted molar refractivity (Wildman–Crippen MR) is 87.0 cm³/mol. The molecule has 2 rings (SSSR count). The highest BCUT2D eigenvalue weighted by atomic mass is 32.1. The molecule has 5 heteroatoms. The number of carboxylic acids is 1. The van der Waals surface area contributed by atoms with Gasteiger partial charge in [0.1, 0.15) is 5.41 Å². The summed E-state index contributed by atoms with van der Waals surface area (Å²) in [5.74, 6) is 0.814. The van der Waals surface area contributed by atoms with E-state index >= 15 is 0 Å². The minimum Gasteiger partial charge on any atom is -0.481 e. The lowest BCUT2D eigenvalue weighted by atomic mass is 9.81. The Morgan fingerprint density at radius 2 is 2.00 bits per heavy atom. The number of rotatable bonds is 6. The van der Waals surface area contributed by atoms with Crippen molar-refractivity contribution in [2.75, 3.05) is 11.9 Å². The lowest BCUT2D eigenvalue weighted by molar-refractivity contribution is -0.142. The second kappa shape index (κ2) is 6.77. The van der Waals surface area contributed by atoms with Crippen LogP contribution < -0.4 is 5.32 Å². The van der Waals surface area contributed by atoms with Gasteiger partial charge in [-0.05, 0) is 38.5 Å². The smallest absolute Gasteiger partial charge is 0.315 e.